The molecule has 0 bridgehead atoms. The number of aromatic nitrogens is 4. The van der Waals surface area contributed by atoms with E-state index >= 15 is 0 Å². The van der Waals surface area contributed by atoms with Gasteiger partial charge in [0.2, 0.25) is 0 Å². The number of hydrogen-bond acceptors (Lipinski definition) is 4. The third-order valence-electron chi connectivity index (χ3n) is 4.16. The van der Waals surface area contributed by atoms with Gasteiger partial charge < -0.3 is 4.90 Å². The van der Waals surface area contributed by atoms with E-state index in [-0.39, 0.29) is 0 Å². The second kappa shape index (κ2) is 6.36. The second-order valence-corrected chi connectivity index (χ2v) is 6.11. The van der Waals surface area contributed by atoms with Crippen molar-refractivity contribution in [3.8, 4) is 5.69 Å². The Labute approximate surface area is 146 Å². The molecule has 25 heavy (non-hydrogen) atoms. The number of nitrogens with zero attached hydrogens (tertiary/aromatic N) is 5. The first-order valence-corrected chi connectivity index (χ1v) is 8.24. The lowest BCUT2D eigenvalue weighted by atomic mass is 10.2. The summed E-state index contributed by atoms with van der Waals surface area (Å²) in [5.74, 6) is 0.895. The van der Waals surface area contributed by atoms with E-state index in [0.29, 0.717) is 0 Å². The zero-order valence-corrected chi connectivity index (χ0v) is 14.3. The van der Waals surface area contributed by atoms with E-state index in [1.807, 2.05) is 79.4 Å². The van der Waals surface area contributed by atoms with Gasteiger partial charge in [0.1, 0.15) is 0 Å². The minimum absolute atomic E-state index is 0.723. The SMILES string of the molecule is Cc1nc2ccccc2nc1N(C)Cc1cnn(-c2ccccc2)c1. The van der Waals surface area contributed by atoms with Crippen molar-refractivity contribution < 1.29 is 0 Å². The number of benzene rings is 2. The van der Waals surface area contributed by atoms with Gasteiger partial charge in [0.05, 0.1) is 28.6 Å². The van der Waals surface area contributed by atoms with Crippen LogP contribution in [0, 0.1) is 6.92 Å². The molecule has 0 aliphatic carbocycles. The lowest BCUT2D eigenvalue weighted by molar-refractivity contribution is 0.872. The Morgan fingerprint density at radius 1 is 0.920 bits per heavy atom. The molecule has 0 radical (unpaired) electrons. The summed E-state index contributed by atoms with van der Waals surface area (Å²) in [6.07, 6.45) is 3.95. The van der Waals surface area contributed by atoms with Crippen LogP contribution in [0.3, 0.4) is 0 Å². The second-order valence-electron chi connectivity index (χ2n) is 6.11. The van der Waals surface area contributed by atoms with Crippen molar-refractivity contribution in [2.24, 2.45) is 0 Å². The summed E-state index contributed by atoms with van der Waals surface area (Å²) < 4.78 is 1.89. The zero-order valence-electron chi connectivity index (χ0n) is 14.3. The maximum atomic E-state index is 4.77. The first-order chi connectivity index (χ1) is 12.2. The van der Waals surface area contributed by atoms with Gasteiger partial charge in [0.25, 0.3) is 0 Å². The molecule has 2 aromatic heterocycles. The molecule has 0 saturated heterocycles. The lowest BCUT2D eigenvalue weighted by Crippen LogP contribution is -2.19. The molecule has 5 nitrogen and oxygen atoms in total. The summed E-state index contributed by atoms with van der Waals surface area (Å²) >= 11 is 0. The number of aryl methyl sites for hydroxylation is 1. The number of fused-ring (bicyclic) bond motifs is 1. The van der Waals surface area contributed by atoms with Crippen molar-refractivity contribution in [3.63, 3.8) is 0 Å². The topological polar surface area (TPSA) is 46.8 Å². The molecule has 0 atom stereocenters. The number of hydrogen-bond donors (Lipinski definition) is 0. The normalized spacial score (nSPS) is 11.0. The van der Waals surface area contributed by atoms with Crippen molar-refractivity contribution in [1.29, 1.82) is 0 Å². The van der Waals surface area contributed by atoms with Gasteiger partial charge in [-0.05, 0) is 31.2 Å². The van der Waals surface area contributed by atoms with Crippen LogP contribution in [0.25, 0.3) is 16.7 Å². The van der Waals surface area contributed by atoms with E-state index in [2.05, 4.69) is 21.2 Å². The van der Waals surface area contributed by atoms with Crippen molar-refractivity contribution in [3.05, 3.63) is 78.2 Å². The summed E-state index contributed by atoms with van der Waals surface area (Å²) in [5.41, 5.74) is 4.94. The molecule has 5 heteroatoms. The van der Waals surface area contributed by atoms with Gasteiger partial charge in [0.15, 0.2) is 5.82 Å². The van der Waals surface area contributed by atoms with Crippen molar-refractivity contribution in [1.82, 2.24) is 19.7 Å². The minimum atomic E-state index is 0.723. The minimum Gasteiger partial charge on any atom is -0.354 e. The van der Waals surface area contributed by atoms with E-state index in [4.69, 9.17) is 4.98 Å². The van der Waals surface area contributed by atoms with Crippen LogP contribution in [0.4, 0.5) is 5.82 Å². The van der Waals surface area contributed by atoms with Crippen LogP contribution in [0.2, 0.25) is 0 Å². The largest absolute Gasteiger partial charge is 0.354 e. The maximum Gasteiger partial charge on any atom is 0.150 e. The zero-order chi connectivity index (χ0) is 17.2. The molecule has 0 N–H and O–H groups in total. The molecule has 0 unspecified atom stereocenters. The highest BCUT2D eigenvalue weighted by Gasteiger charge is 2.11. The Hall–Kier alpha value is -3.21. The van der Waals surface area contributed by atoms with Crippen molar-refractivity contribution in [2.75, 3.05) is 11.9 Å². The monoisotopic (exact) mass is 329 g/mol. The van der Waals surface area contributed by atoms with E-state index in [0.717, 1.165) is 40.3 Å². The molecule has 0 aliphatic rings. The van der Waals surface area contributed by atoms with Gasteiger partial charge in [-0.1, -0.05) is 30.3 Å². The van der Waals surface area contributed by atoms with Crippen molar-refractivity contribution in [2.45, 2.75) is 13.5 Å². The summed E-state index contributed by atoms with van der Waals surface area (Å²) in [6, 6.07) is 18.1. The summed E-state index contributed by atoms with van der Waals surface area (Å²) in [7, 11) is 2.03. The van der Waals surface area contributed by atoms with Crippen LogP contribution < -0.4 is 4.90 Å². The fourth-order valence-electron chi connectivity index (χ4n) is 2.95. The standard InChI is InChI=1S/C20H19N5/c1-15-20(23-19-11-7-6-10-18(19)22-15)24(2)13-16-12-21-25(14-16)17-8-4-3-5-9-17/h3-12,14H,13H2,1-2H3. The highest BCUT2D eigenvalue weighted by Crippen LogP contribution is 2.20. The molecule has 0 amide bonds. The molecule has 2 aromatic carbocycles. The third-order valence-corrected chi connectivity index (χ3v) is 4.16. The molecule has 0 aliphatic heterocycles. The molecule has 4 aromatic rings. The number of para-hydroxylation sites is 3. The Bertz CT molecular complexity index is 1010. The molecule has 4 rings (SSSR count). The van der Waals surface area contributed by atoms with Gasteiger partial charge >= 0.3 is 0 Å². The average molecular weight is 329 g/mol. The molecule has 0 spiro atoms. The van der Waals surface area contributed by atoms with Crippen LogP contribution in [0.1, 0.15) is 11.3 Å². The fraction of sp³-hybridized carbons (Fsp3) is 0.150. The molecule has 0 fully saturated rings. The Morgan fingerprint density at radius 3 is 2.36 bits per heavy atom. The van der Waals surface area contributed by atoms with Crippen LogP contribution in [-0.2, 0) is 6.54 Å². The maximum absolute atomic E-state index is 4.77. The first-order valence-electron chi connectivity index (χ1n) is 8.24. The Morgan fingerprint density at radius 2 is 1.60 bits per heavy atom. The summed E-state index contributed by atoms with van der Waals surface area (Å²) in [6.45, 7) is 2.72. The van der Waals surface area contributed by atoms with Crippen LogP contribution >= 0.6 is 0 Å². The Kier molecular flexibility index (Phi) is 3.90. The van der Waals surface area contributed by atoms with E-state index in [1.165, 1.54) is 0 Å². The summed E-state index contributed by atoms with van der Waals surface area (Å²) in [5, 5.41) is 4.46. The predicted octanol–water partition coefficient (Wildman–Crippen LogP) is 3.76. The molecule has 2 heterocycles. The summed E-state index contributed by atoms with van der Waals surface area (Å²) in [4.78, 5) is 11.6. The molecule has 0 saturated carbocycles. The van der Waals surface area contributed by atoms with Crippen LogP contribution in [-0.4, -0.2) is 26.8 Å². The van der Waals surface area contributed by atoms with Gasteiger partial charge in [-0.15, -0.1) is 0 Å². The highest BCUT2D eigenvalue weighted by atomic mass is 15.3. The Balaban J connectivity index is 1.59. The quantitative estimate of drug-likeness (QED) is 0.572. The fourth-order valence-corrected chi connectivity index (χ4v) is 2.95. The van der Waals surface area contributed by atoms with Gasteiger partial charge in [0, 0.05) is 25.4 Å². The van der Waals surface area contributed by atoms with E-state index in [9.17, 15) is 0 Å². The number of rotatable bonds is 4. The number of anilines is 1. The molecular weight excluding hydrogens is 310 g/mol. The van der Waals surface area contributed by atoms with Gasteiger partial charge in [-0.3, -0.25) is 0 Å². The highest BCUT2D eigenvalue weighted by molar-refractivity contribution is 5.76. The molecular formula is C20H19N5. The molecule has 124 valence electrons. The smallest absolute Gasteiger partial charge is 0.150 e. The predicted molar refractivity (Wildman–Crippen MR) is 99.9 cm³/mol. The van der Waals surface area contributed by atoms with Crippen LogP contribution in [0.5, 0.6) is 0 Å². The first kappa shape index (κ1) is 15.3. The van der Waals surface area contributed by atoms with E-state index < -0.39 is 0 Å². The van der Waals surface area contributed by atoms with Gasteiger partial charge in [-0.25, -0.2) is 14.6 Å². The van der Waals surface area contributed by atoms with Gasteiger partial charge in [-0.2, -0.15) is 5.10 Å². The van der Waals surface area contributed by atoms with Crippen molar-refractivity contribution >= 4 is 16.9 Å². The average Bonchev–Trinajstić information content (AvgIpc) is 3.10. The van der Waals surface area contributed by atoms with E-state index in [1.54, 1.807) is 0 Å². The third kappa shape index (κ3) is 3.08. The van der Waals surface area contributed by atoms with Crippen LogP contribution in [0.15, 0.2) is 67.0 Å². The lowest BCUT2D eigenvalue weighted by Gasteiger charge is -2.19.